The molecule has 0 aliphatic heterocycles. The van der Waals surface area contributed by atoms with Gasteiger partial charge in [0, 0.05) is 12.1 Å². The van der Waals surface area contributed by atoms with Gasteiger partial charge in [0.2, 0.25) is 5.91 Å². The van der Waals surface area contributed by atoms with E-state index in [9.17, 15) is 9.59 Å². The Morgan fingerprint density at radius 1 is 0.640 bits per heavy atom. The summed E-state index contributed by atoms with van der Waals surface area (Å²) in [6, 6.07) is 10.5. The monoisotopic (exact) mass is 811 g/mol. The van der Waals surface area contributed by atoms with Crippen LogP contribution in [0.1, 0.15) is 176 Å². The van der Waals surface area contributed by atoms with Crippen LogP contribution < -0.4 is 5.32 Å². The predicted octanol–water partition coefficient (Wildman–Crippen LogP) is 12.3. The molecular formula is C44H78INO4. The van der Waals surface area contributed by atoms with E-state index in [2.05, 4.69) is 156 Å². The Hall–Kier alpha value is -1.15. The third-order valence-corrected chi connectivity index (χ3v) is 12.4. The fourth-order valence-corrected chi connectivity index (χ4v) is 9.01. The van der Waals surface area contributed by atoms with Gasteiger partial charge in [0.1, 0.15) is 5.60 Å². The van der Waals surface area contributed by atoms with E-state index in [0.717, 1.165) is 25.7 Å². The van der Waals surface area contributed by atoms with Crippen molar-refractivity contribution in [2.45, 2.75) is 196 Å². The van der Waals surface area contributed by atoms with Gasteiger partial charge in [-0.2, -0.15) is 0 Å². The molecule has 0 radical (unpaired) electrons. The van der Waals surface area contributed by atoms with Crippen LogP contribution >= 0.6 is 22.6 Å². The summed E-state index contributed by atoms with van der Waals surface area (Å²) in [5.74, 6) is -0.0716. The highest BCUT2D eigenvalue weighted by molar-refractivity contribution is 14.1. The minimum atomic E-state index is -0.623. The van der Waals surface area contributed by atoms with Crippen LogP contribution in [0.4, 0.5) is 0 Å². The summed E-state index contributed by atoms with van der Waals surface area (Å²) >= 11 is 2.34. The molecule has 0 fully saturated rings. The maximum atomic E-state index is 13.9. The summed E-state index contributed by atoms with van der Waals surface area (Å²) in [6.45, 7) is 43.8. The molecule has 1 aromatic rings. The van der Waals surface area contributed by atoms with Crippen LogP contribution in [-0.4, -0.2) is 38.6 Å². The summed E-state index contributed by atoms with van der Waals surface area (Å²) in [7, 11) is 0. The Morgan fingerprint density at radius 3 is 1.62 bits per heavy atom. The number of benzene rings is 1. The number of rotatable bonds is 18. The summed E-state index contributed by atoms with van der Waals surface area (Å²) in [5.41, 5.74) is -1.29. The Labute approximate surface area is 323 Å². The average molecular weight is 812 g/mol. The quantitative estimate of drug-likeness (QED) is 0.0911. The maximum Gasteiger partial charge on any atom is 0.312 e. The Balaban J connectivity index is 2.92. The topological polar surface area (TPSA) is 64.6 Å². The molecule has 0 aromatic heterocycles. The second-order valence-corrected chi connectivity index (χ2v) is 24.2. The molecule has 1 amide bonds. The first-order valence-corrected chi connectivity index (χ1v) is 19.9. The van der Waals surface area contributed by atoms with Crippen molar-refractivity contribution >= 4 is 34.5 Å². The normalized spacial score (nSPS) is 15.8. The fraction of sp³-hybridized carbons (Fsp3) is 0.818. The van der Waals surface area contributed by atoms with E-state index in [1.54, 1.807) is 0 Å². The zero-order valence-electron chi connectivity index (χ0n) is 36.1. The molecule has 6 heteroatoms. The molecule has 0 spiro atoms. The van der Waals surface area contributed by atoms with Crippen molar-refractivity contribution < 1.29 is 19.1 Å². The summed E-state index contributed by atoms with van der Waals surface area (Å²) in [4.78, 5) is 27.2. The number of amides is 1. The predicted molar refractivity (Wildman–Crippen MR) is 222 cm³/mol. The lowest BCUT2D eigenvalue weighted by atomic mass is 9.62. The van der Waals surface area contributed by atoms with Crippen LogP contribution in [0, 0.1) is 27.1 Å². The van der Waals surface area contributed by atoms with Gasteiger partial charge in [0.25, 0.3) is 0 Å². The summed E-state index contributed by atoms with van der Waals surface area (Å²) in [6.07, 6.45) is 3.84. The molecule has 290 valence electrons. The van der Waals surface area contributed by atoms with Gasteiger partial charge >= 0.3 is 5.97 Å². The van der Waals surface area contributed by atoms with E-state index in [0.29, 0.717) is 13.0 Å². The Morgan fingerprint density at radius 2 is 1.14 bits per heavy atom. The zero-order valence-corrected chi connectivity index (χ0v) is 38.3. The third kappa shape index (κ3) is 13.7. The standard InChI is InChI=1S/C44H78INO4/c1-35(2,3)28-37(6,7)34(48)50-42(16,17)30-39(10,11)38(8,9)26-27-49-43(18,19)40(12,13)31-44(20,45)33(47)46-41(14,15)29-36(4,5)32-24-22-21-23-25-32/h21-25H,26-31H2,1-20H3,(H,46,47). The lowest BCUT2D eigenvalue weighted by Gasteiger charge is -2.48. The van der Waals surface area contributed by atoms with Crippen molar-refractivity contribution in [2.24, 2.45) is 27.1 Å². The number of carbonyl (C=O) groups excluding carboxylic acids is 2. The summed E-state index contributed by atoms with van der Waals surface area (Å²) < 4.78 is 12.3. The van der Waals surface area contributed by atoms with Gasteiger partial charge in [-0.15, -0.1) is 0 Å². The largest absolute Gasteiger partial charge is 0.459 e. The maximum absolute atomic E-state index is 13.9. The van der Waals surface area contributed by atoms with Crippen molar-refractivity contribution in [3.63, 3.8) is 0 Å². The second kappa shape index (κ2) is 15.7. The van der Waals surface area contributed by atoms with Crippen LogP contribution in [0.25, 0.3) is 0 Å². The lowest BCUT2D eigenvalue weighted by Crippen LogP contribution is -2.55. The molecule has 0 aliphatic rings. The lowest BCUT2D eigenvalue weighted by molar-refractivity contribution is -0.174. The second-order valence-electron chi connectivity index (χ2n) is 21.8. The minimum absolute atomic E-state index is 0.0367. The molecule has 1 rings (SSSR count). The van der Waals surface area contributed by atoms with Gasteiger partial charge < -0.3 is 14.8 Å². The Bertz CT molecular complexity index is 1280. The highest BCUT2D eigenvalue weighted by atomic mass is 127. The molecule has 50 heavy (non-hydrogen) atoms. The van der Waals surface area contributed by atoms with Crippen molar-refractivity contribution in [1.82, 2.24) is 5.32 Å². The smallest absolute Gasteiger partial charge is 0.312 e. The molecule has 1 aromatic carbocycles. The van der Waals surface area contributed by atoms with Crippen molar-refractivity contribution in [1.29, 1.82) is 0 Å². The number of hydrogen-bond donors (Lipinski definition) is 1. The van der Waals surface area contributed by atoms with Crippen LogP contribution in [0.3, 0.4) is 0 Å². The number of halogens is 1. The molecule has 1 unspecified atom stereocenters. The van der Waals surface area contributed by atoms with E-state index in [1.165, 1.54) is 5.56 Å². The Kier molecular flexibility index (Phi) is 14.7. The number of hydrogen-bond acceptors (Lipinski definition) is 4. The number of esters is 1. The zero-order chi connectivity index (χ0) is 39.6. The molecule has 1 N–H and O–H groups in total. The van der Waals surface area contributed by atoms with E-state index in [4.69, 9.17) is 9.47 Å². The van der Waals surface area contributed by atoms with Crippen LogP contribution in [0.15, 0.2) is 30.3 Å². The number of carbonyl (C=O) groups is 2. The molecule has 0 heterocycles. The van der Waals surface area contributed by atoms with Crippen LogP contribution in [0.5, 0.6) is 0 Å². The van der Waals surface area contributed by atoms with Crippen molar-refractivity contribution in [3.05, 3.63) is 35.9 Å². The van der Waals surface area contributed by atoms with Gasteiger partial charge in [-0.3, -0.25) is 9.59 Å². The van der Waals surface area contributed by atoms with E-state index in [-0.39, 0.29) is 44.5 Å². The number of ether oxygens (including phenoxy) is 2. The molecule has 0 saturated heterocycles. The minimum Gasteiger partial charge on any atom is -0.459 e. The van der Waals surface area contributed by atoms with Gasteiger partial charge in [-0.05, 0) is 127 Å². The van der Waals surface area contributed by atoms with Gasteiger partial charge in [0.05, 0.1) is 14.4 Å². The first kappa shape index (κ1) is 46.9. The SMILES string of the molecule is CC(C)(C)CC(C)(C)C(=O)OC(C)(C)CC(C)(C)C(C)(C)CCOC(C)(C)C(C)(C)CC(C)(I)C(=O)NC(C)(C)CC(C)(C)c1ccccc1. The number of nitrogens with one attached hydrogen (secondary N) is 1. The van der Waals surface area contributed by atoms with Crippen LogP contribution in [0.2, 0.25) is 0 Å². The van der Waals surface area contributed by atoms with E-state index >= 15 is 0 Å². The van der Waals surface area contributed by atoms with E-state index in [1.807, 2.05) is 40.7 Å². The van der Waals surface area contributed by atoms with Crippen LogP contribution in [-0.2, 0) is 24.5 Å². The van der Waals surface area contributed by atoms with Gasteiger partial charge in [-0.25, -0.2) is 0 Å². The fourth-order valence-electron chi connectivity index (χ4n) is 7.92. The van der Waals surface area contributed by atoms with Crippen molar-refractivity contribution in [3.8, 4) is 0 Å². The molecular weight excluding hydrogens is 733 g/mol. The van der Waals surface area contributed by atoms with E-state index < -0.39 is 20.0 Å². The van der Waals surface area contributed by atoms with Gasteiger partial charge in [0.15, 0.2) is 0 Å². The molecule has 5 nitrogen and oxygen atoms in total. The third-order valence-electron chi connectivity index (χ3n) is 11.6. The number of alkyl halides is 1. The highest BCUT2D eigenvalue weighted by Gasteiger charge is 2.48. The molecule has 0 saturated carbocycles. The molecule has 1 atom stereocenters. The first-order chi connectivity index (χ1) is 21.9. The first-order valence-electron chi connectivity index (χ1n) is 18.8. The highest BCUT2D eigenvalue weighted by Crippen LogP contribution is 2.49. The van der Waals surface area contributed by atoms with Crippen molar-refractivity contribution in [2.75, 3.05) is 6.61 Å². The van der Waals surface area contributed by atoms with Gasteiger partial charge in [-0.1, -0.05) is 129 Å². The molecule has 0 bridgehead atoms. The molecule has 0 aliphatic carbocycles. The summed E-state index contributed by atoms with van der Waals surface area (Å²) in [5, 5.41) is 3.41. The average Bonchev–Trinajstić information content (AvgIpc) is 2.84.